The number of amides is 1. The predicted octanol–water partition coefficient (Wildman–Crippen LogP) is 1.75. The first-order valence-electron chi connectivity index (χ1n) is 6.35. The standard InChI is InChI=1S/C14H20NO4P/c1-7-8(2)11-12(9(3)10(7)16)20-14(4,19-11)13(17)15(5)18-6/h16,20H,1-6H3. The summed E-state index contributed by atoms with van der Waals surface area (Å²) in [5, 5.41) is 11.3. The van der Waals surface area contributed by atoms with Crippen LogP contribution in [-0.4, -0.2) is 35.6 Å². The summed E-state index contributed by atoms with van der Waals surface area (Å²) in [5.41, 5.74) is 2.47. The average molecular weight is 297 g/mol. The summed E-state index contributed by atoms with van der Waals surface area (Å²) < 4.78 is 5.96. The number of benzene rings is 1. The number of hydrogen-bond acceptors (Lipinski definition) is 4. The predicted molar refractivity (Wildman–Crippen MR) is 79.1 cm³/mol. The Balaban J connectivity index is 2.49. The number of hydroxylamine groups is 2. The second-order valence-corrected chi connectivity index (χ2v) is 6.88. The van der Waals surface area contributed by atoms with Crippen LogP contribution >= 0.6 is 8.58 Å². The van der Waals surface area contributed by atoms with Crippen LogP contribution in [0.5, 0.6) is 11.5 Å². The van der Waals surface area contributed by atoms with Gasteiger partial charge in [-0.2, -0.15) is 0 Å². The molecule has 1 N–H and O–H groups in total. The number of phenolic OH excluding ortho intramolecular Hbond substituents is 1. The summed E-state index contributed by atoms with van der Waals surface area (Å²) in [6.07, 6.45) is 0. The lowest BCUT2D eigenvalue weighted by atomic mass is 10.0. The molecule has 0 aromatic heterocycles. The number of phenols is 1. The van der Waals surface area contributed by atoms with Crippen molar-refractivity contribution < 1.29 is 19.5 Å². The van der Waals surface area contributed by atoms with Gasteiger partial charge >= 0.3 is 0 Å². The number of nitrogens with zero attached hydrogens (tertiary/aromatic N) is 1. The van der Waals surface area contributed by atoms with E-state index >= 15 is 0 Å². The van der Waals surface area contributed by atoms with Crippen molar-refractivity contribution in [3.05, 3.63) is 16.7 Å². The normalized spacial score (nSPS) is 21.7. The highest BCUT2D eigenvalue weighted by atomic mass is 31.1. The van der Waals surface area contributed by atoms with Crippen LogP contribution in [0.4, 0.5) is 0 Å². The van der Waals surface area contributed by atoms with Crippen LogP contribution in [0, 0.1) is 20.8 Å². The van der Waals surface area contributed by atoms with Gasteiger partial charge in [0.25, 0.3) is 5.91 Å². The molecule has 5 nitrogen and oxygen atoms in total. The summed E-state index contributed by atoms with van der Waals surface area (Å²) >= 11 is 0. The molecule has 1 aromatic carbocycles. The molecule has 1 aliphatic heterocycles. The number of hydrogen-bond donors (Lipinski definition) is 1. The largest absolute Gasteiger partial charge is 0.507 e. The molecule has 0 aliphatic carbocycles. The minimum absolute atomic E-state index is 0.134. The monoisotopic (exact) mass is 297 g/mol. The summed E-state index contributed by atoms with van der Waals surface area (Å²) in [7, 11) is 3.14. The van der Waals surface area contributed by atoms with Gasteiger partial charge in [-0.15, -0.1) is 0 Å². The molecule has 1 aromatic rings. The molecule has 6 heteroatoms. The second-order valence-electron chi connectivity index (χ2n) is 5.17. The molecule has 1 amide bonds. The van der Waals surface area contributed by atoms with Crippen molar-refractivity contribution in [2.45, 2.75) is 33.0 Å². The van der Waals surface area contributed by atoms with Gasteiger partial charge in [0.15, 0.2) is 0 Å². The summed E-state index contributed by atoms with van der Waals surface area (Å²) in [6.45, 7) is 7.36. The van der Waals surface area contributed by atoms with Gasteiger partial charge in [-0.3, -0.25) is 9.63 Å². The number of rotatable bonds is 2. The second kappa shape index (κ2) is 4.90. The third-order valence-corrected chi connectivity index (χ3v) is 5.50. The van der Waals surface area contributed by atoms with E-state index in [-0.39, 0.29) is 20.2 Å². The van der Waals surface area contributed by atoms with Gasteiger partial charge in [-0.05, 0) is 47.4 Å². The van der Waals surface area contributed by atoms with E-state index in [0.717, 1.165) is 27.7 Å². The molecular formula is C14H20NO4P. The van der Waals surface area contributed by atoms with Gasteiger partial charge in [-0.1, -0.05) is 0 Å². The molecule has 2 atom stereocenters. The number of carbonyl (C=O) groups is 1. The first-order chi connectivity index (χ1) is 9.23. The molecular weight excluding hydrogens is 277 g/mol. The van der Waals surface area contributed by atoms with Gasteiger partial charge in [0, 0.05) is 17.9 Å². The van der Waals surface area contributed by atoms with Crippen molar-refractivity contribution in [1.82, 2.24) is 5.06 Å². The van der Waals surface area contributed by atoms with Crippen LogP contribution < -0.4 is 10.0 Å². The zero-order valence-electron chi connectivity index (χ0n) is 12.6. The zero-order valence-corrected chi connectivity index (χ0v) is 13.6. The molecule has 2 unspecified atom stereocenters. The van der Waals surface area contributed by atoms with Gasteiger partial charge in [-0.25, -0.2) is 5.06 Å². The highest BCUT2D eigenvalue weighted by molar-refractivity contribution is 7.51. The van der Waals surface area contributed by atoms with E-state index in [2.05, 4.69) is 0 Å². The van der Waals surface area contributed by atoms with Gasteiger partial charge in [0.1, 0.15) is 11.5 Å². The van der Waals surface area contributed by atoms with Crippen LogP contribution in [-0.2, 0) is 9.63 Å². The molecule has 0 saturated heterocycles. The number of ether oxygens (including phenoxy) is 1. The Morgan fingerprint density at radius 3 is 2.45 bits per heavy atom. The molecule has 0 bridgehead atoms. The number of fused-ring (bicyclic) bond motifs is 1. The molecule has 20 heavy (non-hydrogen) atoms. The Labute approximate surface area is 120 Å². The number of likely N-dealkylation sites (N-methyl/N-ethyl adjacent to an activating group) is 1. The topological polar surface area (TPSA) is 59.0 Å². The lowest BCUT2D eigenvalue weighted by Gasteiger charge is -2.26. The Hall–Kier alpha value is -1.32. The average Bonchev–Trinajstić information content (AvgIpc) is 2.80. The Morgan fingerprint density at radius 2 is 1.90 bits per heavy atom. The number of aromatic hydroxyl groups is 1. The molecule has 0 spiro atoms. The van der Waals surface area contributed by atoms with Crippen molar-refractivity contribution >= 4 is 19.8 Å². The van der Waals surface area contributed by atoms with Crippen LogP contribution in [0.15, 0.2) is 0 Å². The fraction of sp³-hybridized carbons (Fsp3) is 0.500. The quantitative estimate of drug-likeness (QED) is 0.667. The van der Waals surface area contributed by atoms with E-state index in [1.165, 1.54) is 12.2 Å². The fourth-order valence-electron chi connectivity index (χ4n) is 2.33. The van der Waals surface area contributed by atoms with Crippen molar-refractivity contribution in [3.63, 3.8) is 0 Å². The van der Waals surface area contributed by atoms with Crippen LogP contribution in [0.1, 0.15) is 23.6 Å². The minimum Gasteiger partial charge on any atom is -0.507 e. The molecule has 0 saturated carbocycles. The van der Waals surface area contributed by atoms with Crippen LogP contribution in [0.3, 0.4) is 0 Å². The van der Waals surface area contributed by atoms with Crippen molar-refractivity contribution in [2.75, 3.05) is 14.2 Å². The maximum atomic E-state index is 12.4. The third-order valence-electron chi connectivity index (χ3n) is 3.85. The van der Waals surface area contributed by atoms with Crippen molar-refractivity contribution in [3.8, 4) is 11.5 Å². The first-order valence-corrected chi connectivity index (χ1v) is 7.35. The highest BCUT2D eigenvalue weighted by Gasteiger charge is 2.46. The van der Waals surface area contributed by atoms with Crippen LogP contribution in [0.2, 0.25) is 0 Å². The first kappa shape index (κ1) is 15.1. The zero-order chi connectivity index (χ0) is 15.2. The fourth-order valence-corrected chi connectivity index (χ4v) is 3.88. The van der Waals surface area contributed by atoms with E-state index in [4.69, 9.17) is 9.57 Å². The van der Waals surface area contributed by atoms with Crippen LogP contribution in [0.25, 0.3) is 0 Å². The SMILES string of the molecule is CON(C)C(=O)C1(C)Oc2c(C)c(C)c(O)c(C)c2P1. The molecule has 1 heterocycles. The van der Waals surface area contributed by atoms with E-state index in [0.29, 0.717) is 0 Å². The van der Waals surface area contributed by atoms with Gasteiger partial charge < -0.3 is 9.84 Å². The number of carbonyl (C=O) groups excluding carboxylic acids is 1. The summed E-state index contributed by atoms with van der Waals surface area (Å²) in [6, 6.07) is 0. The Kier molecular flexibility index (Phi) is 3.69. The Morgan fingerprint density at radius 1 is 1.30 bits per heavy atom. The van der Waals surface area contributed by atoms with E-state index in [1.807, 2.05) is 20.8 Å². The maximum absolute atomic E-state index is 12.4. The van der Waals surface area contributed by atoms with Gasteiger partial charge in [0.2, 0.25) is 5.34 Å². The molecule has 0 fully saturated rings. The van der Waals surface area contributed by atoms with E-state index in [1.54, 1.807) is 14.0 Å². The third kappa shape index (κ3) is 2.05. The maximum Gasteiger partial charge on any atom is 0.294 e. The lowest BCUT2D eigenvalue weighted by Crippen LogP contribution is -2.44. The molecule has 1 aliphatic rings. The highest BCUT2D eigenvalue weighted by Crippen LogP contribution is 2.48. The van der Waals surface area contributed by atoms with E-state index < -0.39 is 5.34 Å². The lowest BCUT2D eigenvalue weighted by molar-refractivity contribution is -0.177. The summed E-state index contributed by atoms with van der Waals surface area (Å²) in [4.78, 5) is 17.3. The molecule has 0 radical (unpaired) electrons. The molecule has 2 rings (SSSR count). The minimum atomic E-state index is -0.969. The van der Waals surface area contributed by atoms with Crippen molar-refractivity contribution in [2.24, 2.45) is 0 Å². The van der Waals surface area contributed by atoms with Crippen molar-refractivity contribution in [1.29, 1.82) is 0 Å². The summed E-state index contributed by atoms with van der Waals surface area (Å²) in [5.74, 6) is 0.774. The molecule has 110 valence electrons. The van der Waals surface area contributed by atoms with Gasteiger partial charge in [0.05, 0.1) is 7.11 Å². The Bertz CT molecular complexity index is 548. The smallest absolute Gasteiger partial charge is 0.294 e. The van der Waals surface area contributed by atoms with E-state index in [9.17, 15) is 9.90 Å².